The molecule has 0 radical (unpaired) electrons. The van der Waals surface area contributed by atoms with Gasteiger partial charge in [0, 0.05) is 42.9 Å². The van der Waals surface area contributed by atoms with Crippen molar-refractivity contribution in [3.63, 3.8) is 0 Å². The molecular formula is C33H39N5O4S. The highest BCUT2D eigenvalue weighted by molar-refractivity contribution is 7.92. The molecule has 7 rings (SSSR count). The summed E-state index contributed by atoms with van der Waals surface area (Å²) >= 11 is 0. The Morgan fingerprint density at radius 1 is 1.00 bits per heavy atom. The maximum Gasteiger partial charge on any atom is 0.264 e. The number of hydrogen-bond acceptors (Lipinski definition) is 7. The first-order valence-corrected chi connectivity index (χ1v) is 16.9. The van der Waals surface area contributed by atoms with E-state index in [0.717, 1.165) is 16.7 Å². The molecule has 2 aliphatic carbocycles. The van der Waals surface area contributed by atoms with Crippen LogP contribution in [0, 0.1) is 19.3 Å². The predicted molar refractivity (Wildman–Crippen MR) is 165 cm³/mol. The van der Waals surface area contributed by atoms with Gasteiger partial charge in [0.2, 0.25) is 11.8 Å². The third kappa shape index (κ3) is 5.08. The molecule has 10 heteroatoms. The van der Waals surface area contributed by atoms with Gasteiger partial charge in [-0.2, -0.15) is 4.98 Å². The Balaban J connectivity index is 1.32. The summed E-state index contributed by atoms with van der Waals surface area (Å²) in [6, 6.07) is 14.3. The molecule has 4 aliphatic rings. The fraction of sp³-hybridized carbons (Fsp3) is 0.485. The van der Waals surface area contributed by atoms with E-state index >= 15 is 0 Å². The summed E-state index contributed by atoms with van der Waals surface area (Å²) in [5.41, 5.74) is 4.37. The molecule has 43 heavy (non-hydrogen) atoms. The van der Waals surface area contributed by atoms with Gasteiger partial charge in [-0.15, -0.1) is 0 Å². The van der Waals surface area contributed by atoms with E-state index in [2.05, 4.69) is 19.6 Å². The lowest BCUT2D eigenvalue weighted by Gasteiger charge is -2.49. The Morgan fingerprint density at radius 3 is 2.44 bits per heavy atom. The fourth-order valence-electron chi connectivity index (χ4n) is 7.93. The number of amides is 1. The van der Waals surface area contributed by atoms with Crippen molar-refractivity contribution < 1.29 is 17.9 Å². The number of fused-ring (bicyclic) bond motifs is 5. The number of nitrogens with one attached hydrogen (secondary N) is 1. The van der Waals surface area contributed by atoms with Crippen LogP contribution in [0.1, 0.15) is 66.9 Å². The number of carbonyl (C=O) groups excluding carboxylic acids is 1. The molecule has 3 aromatic rings. The number of rotatable bonds is 3. The van der Waals surface area contributed by atoms with E-state index in [-0.39, 0.29) is 34.8 Å². The lowest BCUT2D eigenvalue weighted by atomic mass is 9.64. The average Bonchev–Trinajstić information content (AvgIpc) is 3.60. The number of aromatic nitrogens is 2. The second-order valence-corrected chi connectivity index (χ2v) is 14.5. The summed E-state index contributed by atoms with van der Waals surface area (Å²) < 4.78 is 36.3. The number of nitrogens with zero attached hydrogens (tertiary/aromatic N) is 4. The molecular weight excluding hydrogens is 562 g/mol. The average molecular weight is 602 g/mol. The van der Waals surface area contributed by atoms with Crippen LogP contribution in [0.4, 0.5) is 5.95 Å². The van der Waals surface area contributed by atoms with E-state index in [4.69, 9.17) is 4.74 Å². The van der Waals surface area contributed by atoms with Crippen LogP contribution in [0.3, 0.4) is 0 Å². The molecule has 1 amide bonds. The van der Waals surface area contributed by atoms with Crippen molar-refractivity contribution in [1.29, 1.82) is 0 Å². The highest BCUT2D eigenvalue weighted by atomic mass is 32.2. The van der Waals surface area contributed by atoms with Gasteiger partial charge in [-0.05, 0) is 81.2 Å². The highest BCUT2D eigenvalue weighted by Crippen LogP contribution is 2.55. The lowest BCUT2D eigenvalue weighted by molar-refractivity contribution is 0.0113. The Hall–Kier alpha value is -3.50. The van der Waals surface area contributed by atoms with Crippen molar-refractivity contribution in [3.8, 4) is 17.1 Å². The van der Waals surface area contributed by atoms with Gasteiger partial charge in [-0.25, -0.2) is 18.1 Å². The van der Waals surface area contributed by atoms with Gasteiger partial charge >= 0.3 is 0 Å². The van der Waals surface area contributed by atoms with Gasteiger partial charge in [0.15, 0.2) is 0 Å². The molecule has 9 nitrogen and oxygen atoms in total. The molecule has 2 saturated carbocycles. The Morgan fingerprint density at radius 2 is 1.72 bits per heavy atom. The number of ether oxygens (including phenoxy) is 1. The van der Waals surface area contributed by atoms with Gasteiger partial charge in [-0.3, -0.25) is 9.69 Å². The van der Waals surface area contributed by atoms with Crippen LogP contribution in [0.25, 0.3) is 11.3 Å². The maximum atomic E-state index is 14.0. The summed E-state index contributed by atoms with van der Waals surface area (Å²) in [4.78, 5) is 27.5. The SMILES string of the molecule is CCN1C(=O)c2cccc(c2)S(=O)(=O)Nc2nc(cc(-c3c(C)cccc3C)n2)O[C@@H]2CN(C3CC4(CCCC4)C3)C[C@H]21. The van der Waals surface area contributed by atoms with Crippen molar-refractivity contribution >= 4 is 21.9 Å². The standard InChI is InChI=1S/C33H39N5O4S/c1-4-38-27-19-37(24-17-33(18-24)13-5-6-14-33)20-28(27)42-29-16-26(30-21(2)9-7-10-22(30)3)34-32(35-29)36-43(40,41)25-12-8-11-23(15-25)31(38)39/h7-12,15-16,24,27-28H,4-6,13-14,17-20H2,1-3H3,(H,34,35,36)/t27-,28-/m1/s1. The van der Waals surface area contributed by atoms with Crippen LogP contribution in [0.2, 0.25) is 0 Å². The zero-order valence-electron chi connectivity index (χ0n) is 25.0. The minimum absolute atomic E-state index is 0.0156. The highest BCUT2D eigenvalue weighted by Gasteiger charge is 2.51. The van der Waals surface area contributed by atoms with Crippen molar-refractivity contribution in [2.24, 2.45) is 5.41 Å². The van der Waals surface area contributed by atoms with Crippen LogP contribution in [-0.4, -0.2) is 71.9 Å². The number of benzene rings is 2. The third-order valence-corrected chi connectivity index (χ3v) is 11.4. The molecule has 226 valence electrons. The summed E-state index contributed by atoms with van der Waals surface area (Å²) in [6.07, 6.45) is 7.42. The number of anilines is 1. The van der Waals surface area contributed by atoms with E-state index in [9.17, 15) is 13.2 Å². The van der Waals surface area contributed by atoms with Gasteiger partial charge in [0.05, 0.1) is 16.6 Å². The molecule has 3 fully saturated rings. The maximum absolute atomic E-state index is 14.0. The third-order valence-electron chi connectivity index (χ3n) is 10.1. The molecule has 3 heterocycles. The summed E-state index contributed by atoms with van der Waals surface area (Å²) in [5.74, 6) is 0.0266. The second-order valence-electron chi connectivity index (χ2n) is 12.9. The van der Waals surface area contributed by atoms with E-state index in [1.54, 1.807) is 18.2 Å². The Kier molecular flexibility index (Phi) is 6.97. The Labute approximate surface area is 253 Å². The fourth-order valence-corrected chi connectivity index (χ4v) is 8.92. The monoisotopic (exact) mass is 601 g/mol. The number of carbonyl (C=O) groups is 1. The number of aryl methyl sites for hydroxylation is 2. The number of likely N-dealkylation sites (tertiary alicyclic amines) is 1. The summed E-state index contributed by atoms with van der Waals surface area (Å²) in [7, 11) is -4.08. The molecule has 1 N–H and O–H groups in total. The van der Waals surface area contributed by atoms with Crippen LogP contribution >= 0.6 is 0 Å². The smallest absolute Gasteiger partial charge is 0.264 e. The summed E-state index contributed by atoms with van der Waals surface area (Å²) in [6.45, 7) is 7.85. The van der Waals surface area contributed by atoms with Gasteiger partial charge in [0.1, 0.15) is 6.10 Å². The topological polar surface area (TPSA) is 105 Å². The zero-order valence-corrected chi connectivity index (χ0v) is 25.9. The molecule has 0 unspecified atom stereocenters. The molecule has 1 saturated heterocycles. The van der Waals surface area contributed by atoms with Crippen LogP contribution < -0.4 is 9.46 Å². The minimum atomic E-state index is -4.08. The van der Waals surface area contributed by atoms with Crippen LogP contribution in [0.5, 0.6) is 5.88 Å². The van der Waals surface area contributed by atoms with Crippen molar-refractivity contribution in [2.45, 2.75) is 82.4 Å². The number of hydrogen-bond donors (Lipinski definition) is 1. The quantitative estimate of drug-likeness (QED) is 0.441. The normalized spacial score (nSPS) is 24.7. The first-order valence-electron chi connectivity index (χ1n) is 15.4. The van der Waals surface area contributed by atoms with Gasteiger partial charge in [0.25, 0.3) is 15.9 Å². The molecule has 2 aliphatic heterocycles. The molecule has 1 spiro atoms. The summed E-state index contributed by atoms with van der Waals surface area (Å²) in [5, 5.41) is 0. The molecule has 2 atom stereocenters. The molecule has 2 aromatic carbocycles. The van der Waals surface area contributed by atoms with E-state index in [1.807, 2.05) is 43.9 Å². The van der Waals surface area contributed by atoms with Gasteiger partial charge in [-0.1, -0.05) is 37.1 Å². The lowest BCUT2D eigenvalue weighted by Crippen LogP contribution is -2.50. The zero-order chi connectivity index (χ0) is 29.9. The van der Waals surface area contributed by atoms with Crippen molar-refractivity contribution in [2.75, 3.05) is 24.4 Å². The first-order chi connectivity index (χ1) is 20.6. The second kappa shape index (κ2) is 10.6. The number of likely N-dealkylation sites (N-methyl/N-ethyl adjacent to an activating group) is 1. The van der Waals surface area contributed by atoms with E-state index in [0.29, 0.717) is 42.3 Å². The first kappa shape index (κ1) is 28.3. The largest absolute Gasteiger partial charge is 0.471 e. The van der Waals surface area contributed by atoms with Crippen LogP contribution in [-0.2, 0) is 10.0 Å². The van der Waals surface area contributed by atoms with Gasteiger partial charge < -0.3 is 9.64 Å². The molecule has 4 bridgehead atoms. The van der Waals surface area contributed by atoms with E-state index in [1.165, 1.54) is 50.7 Å². The number of sulfonamides is 1. The predicted octanol–water partition coefficient (Wildman–Crippen LogP) is 5.19. The van der Waals surface area contributed by atoms with Crippen LogP contribution in [0.15, 0.2) is 53.4 Å². The minimum Gasteiger partial charge on any atom is -0.471 e. The van der Waals surface area contributed by atoms with Crippen molar-refractivity contribution in [1.82, 2.24) is 19.8 Å². The van der Waals surface area contributed by atoms with E-state index < -0.39 is 10.0 Å². The molecule has 1 aromatic heterocycles. The van der Waals surface area contributed by atoms with Crippen molar-refractivity contribution in [3.05, 3.63) is 65.2 Å². The Bertz CT molecular complexity index is 1660.